The van der Waals surface area contributed by atoms with Crippen LogP contribution in [0.15, 0.2) is 30.3 Å². The minimum absolute atomic E-state index is 0.279. The second-order valence-electron chi connectivity index (χ2n) is 4.79. The summed E-state index contributed by atoms with van der Waals surface area (Å²) in [7, 11) is 1.71. The molecule has 0 bridgehead atoms. The molecule has 3 N–H and O–H groups in total. The zero-order valence-corrected chi connectivity index (χ0v) is 14.0. The van der Waals surface area contributed by atoms with Crippen molar-refractivity contribution in [1.82, 2.24) is 20.6 Å². The average Bonchev–Trinajstić information content (AvgIpc) is 2.86. The molecule has 7 nitrogen and oxygen atoms in total. The van der Waals surface area contributed by atoms with Crippen molar-refractivity contribution in [3.8, 4) is 5.75 Å². The first-order chi connectivity index (χ1) is 11.0. The predicted molar refractivity (Wildman–Crippen MR) is 92.4 cm³/mol. The number of nitrogens with zero attached hydrogens (tertiary/aromatic N) is 2. The Balaban J connectivity index is 1.85. The summed E-state index contributed by atoms with van der Waals surface area (Å²) in [4.78, 5) is 12.0. The van der Waals surface area contributed by atoms with E-state index in [0.29, 0.717) is 12.3 Å². The fraction of sp³-hybridized carbons (Fsp3) is 0.267. The maximum absolute atomic E-state index is 12.0. The molecule has 1 heterocycles. The number of hydrogen-bond acceptors (Lipinski definition) is 4. The Morgan fingerprint density at radius 2 is 2.00 bits per heavy atom. The van der Waals surface area contributed by atoms with E-state index >= 15 is 0 Å². The lowest BCUT2D eigenvalue weighted by Gasteiger charge is -2.12. The number of aromatic nitrogens is 2. The third kappa shape index (κ3) is 4.68. The van der Waals surface area contributed by atoms with E-state index in [4.69, 9.17) is 17.0 Å². The monoisotopic (exact) mass is 333 g/mol. The van der Waals surface area contributed by atoms with Gasteiger partial charge in [-0.25, -0.2) is 0 Å². The number of anilines is 1. The van der Waals surface area contributed by atoms with Gasteiger partial charge in [0.05, 0.1) is 12.3 Å². The van der Waals surface area contributed by atoms with Gasteiger partial charge in [0.2, 0.25) is 0 Å². The smallest absolute Gasteiger partial charge is 0.287 e. The van der Waals surface area contributed by atoms with Crippen molar-refractivity contribution >= 4 is 28.9 Å². The van der Waals surface area contributed by atoms with Crippen LogP contribution in [0.4, 0.5) is 5.69 Å². The Morgan fingerprint density at radius 3 is 2.57 bits per heavy atom. The van der Waals surface area contributed by atoms with Gasteiger partial charge in [0.15, 0.2) is 5.11 Å². The van der Waals surface area contributed by atoms with Gasteiger partial charge in [0, 0.05) is 12.7 Å². The fourth-order valence-corrected chi connectivity index (χ4v) is 2.13. The Kier molecular flexibility index (Phi) is 5.53. The van der Waals surface area contributed by atoms with Crippen LogP contribution in [-0.4, -0.2) is 27.4 Å². The van der Waals surface area contributed by atoms with Gasteiger partial charge >= 0.3 is 0 Å². The lowest BCUT2D eigenvalue weighted by Crippen LogP contribution is -2.44. The number of carbonyl (C=O) groups is 1. The first-order valence-corrected chi connectivity index (χ1v) is 7.51. The lowest BCUT2D eigenvalue weighted by atomic mass is 10.3. The minimum Gasteiger partial charge on any atom is -0.494 e. The van der Waals surface area contributed by atoms with Gasteiger partial charge in [0.25, 0.3) is 5.91 Å². The second-order valence-corrected chi connectivity index (χ2v) is 5.19. The van der Waals surface area contributed by atoms with E-state index in [-0.39, 0.29) is 11.0 Å². The molecule has 8 heteroatoms. The molecule has 0 spiro atoms. The van der Waals surface area contributed by atoms with Crippen molar-refractivity contribution in [2.75, 3.05) is 11.9 Å². The molecule has 0 unspecified atom stereocenters. The summed E-state index contributed by atoms with van der Waals surface area (Å²) >= 11 is 5.14. The molecule has 122 valence electrons. The normalized spacial score (nSPS) is 10.0. The maximum Gasteiger partial charge on any atom is 0.287 e. The van der Waals surface area contributed by atoms with E-state index in [1.807, 2.05) is 38.1 Å². The molecule has 23 heavy (non-hydrogen) atoms. The Labute approximate surface area is 140 Å². The Bertz CT molecular complexity index is 696. The SMILES string of the molecule is CCOc1ccc(NC(=S)NNC(=O)c2cc(C)nn2C)cc1. The summed E-state index contributed by atoms with van der Waals surface area (Å²) < 4.78 is 6.87. The number of ether oxygens (including phenoxy) is 1. The molecule has 0 atom stereocenters. The largest absolute Gasteiger partial charge is 0.494 e. The molecule has 0 aliphatic heterocycles. The summed E-state index contributed by atoms with van der Waals surface area (Å²) in [6.45, 7) is 4.37. The molecule has 0 saturated carbocycles. The number of aryl methyl sites for hydroxylation is 2. The fourth-order valence-electron chi connectivity index (χ4n) is 1.96. The summed E-state index contributed by atoms with van der Waals surface area (Å²) in [5.74, 6) is 0.473. The Hall–Kier alpha value is -2.61. The predicted octanol–water partition coefficient (Wildman–Crippen LogP) is 1.76. The molecule has 2 rings (SSSR count). The summed E-state index contributed by atoms with van der Waals surface area (Å²) in [5, 5.41) is 7.36. The third-order valence-corrected chi connectivity index (χ3v) is 3.15. The third-order valence-electron chi connectivity index (χ3n) is 2.95. The zero-order valence-electron chi connectivity index (χ0n) is 13.2. The van der Waals surface area contributed by atoms with Crippen LogP contribution in [0.3, 0.4) is 0 Å². The van der Waals surface area contributed by atoms with E-state index in [0.717, 1.165) is 17.1 Å². The highest BCUT2D eigenvalue weighted by molar-refractivity contribution is 7.80. The van der Waals surface area contributed by atoms with Crippen molar-refractivity contribution in [3.05, 3.63) is 41.7 Å². The van der Waals surface area contributed by atoms with E-state index in [2.05, 4.69) is 21.3 Å². The highest BCUT2D eigenvalue weighted by Gasteiger charge is 2.11. The number of rotatable bonds is 4. The summed E-state index contributed by atoms with van der Waals surface area (Å²) in [6, 6.07) is 9.05. The lowest BCUT2D eigenvalue weighted by molar-refractivity contribution is 0.0934. The standard InChI is InChI=1S/C15H19N5O2S/c1-4-22-12-7-5-11(6-8-12)16-15(23)18-17-14(21)13-9-10(2)19-20(13)3/h5-9H,4H2,1-3H3,(H,17,21)(H2,16,18,23). The van der Waals surface area contributed by atoms with Crippen LogP contribution in [0, 0.1) is 6.92 Å². The number of hydrogen-bond donors (Lipinski definition) is 3. The summed E-state index contributed by atoms with van der Waals surface area (Å²) in [5.41, 5.74) is 7.18. The molecule has 0 radical (unpaired) electrons. The van der Waals surface area contributed by atoms with Crippen LogP contribution in [0.5, 0.6) is 5.75 Å². The summed E-state index contributed by atoms with van der Waals surface area (Å²) in [6.07, 6.45) is 0. The van der Waals surface area contributed by atoms with E-state index in [1.54, 1.807) is 13.1 Å². The van der Waals surface area contributed by atoms with Crippen LogP contribution < -0.4 is 20.9 Å². The highest BCUT2D eigenvalue weighted by atomic mass is 32.1. The van der Waals surface area contributed by atoms with Gasteiger partial charge in [-0.3, -0.25) is 20.3 Å². The van der Waals surface area contributed by atoms with Crippen molar-refractivity contribution < 1.29 is 9.53 Å². The van der Waals surface area contributed by atoms with Crippen molar-refractivity contribution in [1.29, 1.82) is 0 Å². The number of amides is 1. The van der Waals surface area contributed by atoms with Gasteiger partial charge in [-0.1, -0.05) is 0 Å². The van der Waals surface area contributed by atoms with Gasteiger partial charge in [0.1, 0.15) is 11.4 Å². The molecule has 2 aromatic rings. The topological polar surface area (TPSA) is 80.2 Å². The highest BCUT2D eigenvalue weighted by Crippen LogP contribution is 2.15. The molecule has 1 aromatic heterocycles. The van der Waals surface area contributed by atoms with Crippen LogP contribution in [0.1, 0.15) is 23.1 Å². The zero-order chi connectivity index (χ0) is 16.8. The van der Waals surface area contributed by atoms with Gasteiger partial charge in [-0.2, -0.15) is 5.10 Å². The van der Waals surface area contributed by atoms with Gasteiger partial charge < -0.3 is 10.1 Å². The van der Waals surface area contributed by atoms with Crippen molar-refractivity contribution in [3.63, 3.8) is 0 Å². The number of thiocarbonyl (C=S) groups is 1. The van der Waals surface area contributed by atoms with Crippen molar-refractivity contribution in [2.24, 2.45) is 7.05 Å². The molecule has 0 aliphatic rings. The van der Waals surface area contributed by atoms with E-state index in [1.165, 1.54) is 4.68 Å². The maximum atomic E-state index is 12.0. The molecule has 0 saturated heterocycles. The number of hydrazine groups is 1. The van der Waals surface area contributed by atoms with E-state index in [9.17, 15) is 4.79 Å². The molecule has 0 fully saturated rings. The first-order valence-electron chi connectivity index (χ1n) is 7.10. The number of carbonyl (C=O) groups excluding carboxylic acids is 1. The first kappa shape index (κ1) is 16.8. The van der Waals surface area contributed by atoms with Crippen molar-refractivity contribution in [2.45, 2.75) is 13.8 Å². The average molecular weight is 333 g/mol. The number of benzene rings is 1. The van der Waals surface area contributed by atoms with Crippen LogP contribution in [0.2, 0.25) is 0 Å². The quantitative estimate of drug-likeness (QED) is 0.584. The molecular weight excluding hydrogens is 314 g/mol. The molecule has 1 aromatic carbocycles. The van der Waals surface area contributed by atoms with Crippen LogP contribution in [0.25, 0.3) is 0 Å². The van der Waals surface area contributed by atoms with Crippen LogP contribution >= 0.6 is 12.2 Å². The Morgan fingerprint density at radius 1 is 1.30 bits per heavy atom. The van der Waals surface area contributed by atoms with E-state index < -0.39 is 0 Å². The molecular formula is C15H19N5O2S. The van der Waals surface area contributed by atoms with Crippen LogP contribution in [-0.2, 0) is 7.05 Å². The molecule has 0 aliphatic carbocycles. The molecule has 1 amide bonds. The van der Waals surface area contributed by atoms with Gasteiger partial charge in [-0.05, 0) is 56.4 Å². The number of nitrogens with one attached hydrogen (secondary N) is 3. The van der Waals surface area contributed by atoms with Gasteiger partial charge in [-0.15, -0.1) is 0 Å². The second kappa shape index (κ2) is 7.59. The minimum atomic E-state index is -0.316.